The maximum absolute atomic E-state index is 13.2. The van der Waals surface area contributed by atoms with Crippen LogP contribution in [0.15, 0.2) is 18.2 Å². The SMILES string of the molecule is COC(=O)C1CC(=O)N(c2cc(F)ccc2N)C1. The van der Waals surface area contributed by atoms with E-state index >= 15 is 0 Å². The van der Waals surface area contributed by atoms with Gasteiger partial charge < -0.3 is 15.4 Å². The summed E-state index contributed by atoms with van der Waals surface area (Å²) >= 11 is 0. The summed E-state index contributed by atoms with van der Waals surface area (Å²) in [7, 11) is 1.27. The van der Waals surface area contributed by atoms with Gasteiger partial charge in [-0.2, -0.15) is 0 Å². The highest BCUT2D eigenvalue weighted by Crippen LogP contribution is 2.30. The van der Waals surface area contributed by atoms with Gasteiger partial charge in [0, 0.05) is 13.0 Å². The van der Waals surface area contributed by atoms with Gasteiger partial charge in [0.1, 0.15) is 5.82 Å². The molecule has 1 fully saturated rings. The normalized spacial score (nSPS) is 19.1. The molecule has 1 heterocycles. The van der Waals surface area contributed by atoms with Gasteiger partial charge >= 0.3 is 5.97 Å². The molecule has 1 unspecified atom stereocenters. The van der Waals surface area contributed by atoms with Crippen LogP contribution in [0.5, 0.6) is 0 Å². The van der Waals surface area contributed by atoms with Crippen LogP contribution in [0.3, 0.4) is 0 Å². The van der Waals surface area contributed by atoms with Crippen molar-refractivity contribution in [1.29, 1.82) is 0 Å². The lowest BCUT2D eigenvalue weighted by Gasteiger charge is -2.18. The molecular weight excluding hydrogens is 239 g/mol. The number of carbonyl (C=O) groups excluding carboxylic acids is 2. The molecule has 1 saturated heterocycles. The third kappa shape index (κ3) is 2.13. The van der Waals surface area contributed by atoms with Crippen LogP contribution in [0.25, 0.3) is 0 Å². The predicted molar refractivity (Wildman–Crippen MR) is 63.3 cm³/mol. The molecule has 0 radical (unpaired) electrons. The first-order valence-electron chi connectivity index (χ1n) is 5.46. The van der Waals surface area contributed by atoms with Crippen LogP contribution >= 0.6 is 0 Å². The zero-order valence-corrected chi connectivity index (χ0v) is 9.85. The number of carbonyl (C=O) groups is 2. The van der Waals surface area contributed by atoms with Crippen molar-refractivity contribution < 1.29 is 18.7 Å². The van der Waals surface area contributed by atoms with Gasteiger partial charge in [-0.1, -0.05) is 0 Å². The van der Waals surface area contributed by atoms with Crippen molar-refractivity contribution in [3.05, 3.63) is 24.0 Å². The number of nitrogens with two attached hydrogens (primary N) is 1. The van der Waals surface area contributed by atoms with Crippen molar-refractivity contribution in [2.75, 3.05) is 24.3 Å². The molecule has 1 aliphatic rings. The first-order valence-corrected chi connectivity index (χ1v) is 5.46. The molecule has 1 aromatic rings. The van der Waals surface area contributed by atoms with Gasteiger partial charge in [0.15, 0.2) is 0 Å². The molecule has 2 N–H and O–H groups in total. The number of nitrogen functional groups attached to an aromatic ring is 1. The highest BCUT2D eigenvalue weighted by atomic mass is 19.1. The topological polar surface area (TPSA) is 72.6 Å². The van der Waals surface area contributed by atoms with Crippen LogP contribution in [0.4, 0.5) is 15.8 Å². The van der Waals surface area contributed by atoms with Gasteiger partial charge in [-0.05, 0) is 18.2 Å². The maximum atomic E-state index is 13.2. The Morgan fingerprint density at radius 2 is 2.28 bits per heavy atom. The van der Waals surface area contributed by atoms with E-state index in [9.17, 15) is 14.0 Å². The molecule has 0 bridgehead atoms. The first-order chi connectivity index (χ1) is 8.52. The molecule has 1 atom stereocenters. The summed E-state index contributed by atoms with van der Waals surface area (Å²) in [6.07, 6.45) is 0.0582. The van der Waals surface area contributed by atoms with Crippen LogP contribution in [0.2, 0.25) is 0 Å². The molecule has 1 aromatic carbocycles. The molecule has 1 amide bonds. The van der Waals surface area contributed by atoms with E-state index in [1.807, 2.05) is 0 Å². The summed E-state index contributed by atoms with van der Waals surface area (Å²) in [6.45, 7) is 0.166. The second-order valence-corrected chi connectivity index (χ2v) is 4.13. The minimum absolute atomic E-state index is 0.0582. The summed E-state index contributed by atoms with van der Waals surface area (Å²) < 4.78 is 17.8. The zero-order chi connectivity index (χ0) is 13.3. The predicted octanol–water partition coefficient (Wildman–Crippen LogP) is 0.934. The van der Waals surface area contributed by atoms with Crippen molar-refractivity contribution in [3.8, 4) is 0 Å². The Kier molecular flexibility index (Phi) is 3.18. The molecule has 18 heavy (non-hydrogen) atoms. The van der Waals surface area contributed by atoms with E-state index in [1.165, 1.54) is 30.2 Å². The molecule has 0 spiro atoms. The molecule has 0 aliphatic carbocycles. The lowest BCUT2D eigenvalue weighted by Crippen LogP contribution is -2.27. The number of benzene rings is 1. The van der Waals surface area contributed by atoms with Gasteiger partial charge in [0.25, 0.3) is 0 Å². The van der Waals surface area contributed by atoms with Crippen molar-refractivity contribution in [2.45, 2.75) is 6.42 Å². The average molecular weight is 252 g/mol. The number of methoxy groups -OCH3 is 1. The van der Waals surface area contributed by atoms with E-state index in [-0.39, 0.29) is 18.9 Å². The van der Waals surface area contributed by atoms with E-state index < -0.39 is 17.7 Å². The summed E-state index contributed by atoms with van der Waals surface area (Å²) in [5.41, 5.74) is 6.31. The van der Waals surface area contributed by atoms with E-state index in [0.717, 1.165) is 0 Å². The fourth-order valence-corrected chi connectivity index (χ4v) is 2.02. The van der Waals surface area contributed by atoms with E-state index in [1.54, 1.807) is 0 Å². The summed E-state index contributed by atoms with van der Waals surface area (Å²) in [5, 5.41) is 0. The summed E-state index contributed by atoms with van der Waals surface area (Å²) in [5.74, 6) is -1.71. The molecule has 0 aromatic heterocycles. The molecule has 0 saturated carbocycles. The van der Waals surface area contributed by atoms with Crippen molar-refractivity contribution >= 4 is 23.3 Å². The standard InChI is InChI=1S/C12H13FN2O3/c1-18-12(17)7-4-11(16)15(6-7)10-5-8(13)2-3-9(10)14/h2-3,5,7H,4,6,14H2,1H3. The lowest BCUT2D eigenvalue weighted by atomic mass is 10.1. The van der Waals surface area contributed by atoms with Crippen LogP contribution in [-0.4, -0.2) is 25.5 Å². The molecule has 5 nitrogen and oxygen atoms in total. The summed E-state index contributed by atoms with van der Waals surface area (Å²) in [6, 6.07) is 3.80. The highest BCUT2D eigenvalue weighted by Gasteiger charge is 2.36. The van der Waals surface area contributed by atoms with Gasteiger partial charge in [-0.15, -0.1) is 0 Å². The zero-order valence-electron chi connectivity index (χ0n) is 9.85. The Labute approximate surface area is 103 Å². The van der Waals surface area contributed by atoms with E-state index in [0.29, 0.717) is 11.4 Å². The molecular formula is C12H13FN2O3. The number of hydrogen-bond acceptors (Lipinski definition) is 4. The minimum Gasteiger partial charge on any atom is -0.469 e. The fraction of sp³-hybridized carbons (Fsp3) is 0.333. The van der Waals surface area contributed by atoms with Crippen molar-refractivity contribution in [1.82, 2.24) is 0 Å². The van der Waals surface area contributed by atoms with Crippen molar-refractivity contribution in [3.63, 3.8) is 0 Å². The lowest BCUT2D eigenvalue weighted by molar-refractivity contribution is -0.145. The Morgan fingerprint density at radius 1 is 1.56 bits per heavy atom. The number of ether oxygens (including phenoxy) is 1. The molecule has 2 rings (SSSR count). The largest absolute Gasteiger partial charge is 0.469 e. The number of amides is 1. The number of hydrogen-bond donors (Lipinski definition) is 1. The quantitative estimate of drug-likeness (QED) is 0.628. The maximum Gasteiger partial charge on any atom is 0.311 e. The second kappa shape index (κ2) is 4.64. The van der Waals surface area contributed by atoms with Crippen LogP contribution in [-0.2, 0) is 14.3 Å². The Hall–Kier alpha value is -2.11. The van der Waals surface area contributed by atoms with E-state index in [4.69, 9.17) is 5.73 Å². The fourth-order valence-electron chi connectivity index (χ4n) is 2.02. The Bertz CT molecular complexity index is 504. The number of rotatable bonds is 2. The first kappa shape index (κ1) is 12.3. The monoisotopic (exact) mass is 252 g/mol. The number of halogens is 1. The number of esters is 1. The smallest absolute Gasteiger partial charge is 0.311 e. The third-order valence-electron chi connectivity index (χ3n) is 2.94. The average Bonchev–Trinajstić information content (AvgIpc) is 2.73. The van der Waals surface area contributed by atoms with Gasteiger partial charge in [0.05, 0.1) is 24.4 Å². The second-order valence-electron chi connectivity index (χ2n) is 4.13. The number of anilines is 2. The third-order valence-corrected chi connectivity index (χ3v) is 2.94. The van der Waals surface area contributed by atoms with Gasteiger partial charge in [-0.25, -0.2) is 4.39 Å². The van der Waals surface area contributed by atoms with Gasteiger partial charge in [0.2, 0.25) is 5.91 Å². The summed E-state index contributed by atoms with van der Waals surface area (Å²) in [4.78, 5) is 24.5. The Morgan fingerprint density at radius 3 is 2.94 bits per heavy atom. The minimum atomic E-state index is -0.523. The van der Waals surface area contributed by atoms with Gasteiger partial charge in [-0.3, -0.25) is 9.59 Å². The molecule has 6 heteroatoms. The molecule has 1 aliphatic heterocycles. The van der Waals surface area contributed by atoms with Crippen molar-refractivity contribution in [2.24, 2.45) is 5.92 Å². The van der Waals surface area contributed by atoms with E-state index in [2.05, 4.69) is 4.74 Å². The number of nitrogens with zero attached hydrogens (tertiary/aromatic N) is 1. The highest BCUT2D eigenvalue weighted by molar-refractivity contribution is 6.01. The van der Waals surface area contributed by atoms with Crippen LogP contribution in [0.1, 0.15) is 6.42 Å². The molecule has 96 valence electrons. The van der Waals surface area contributed by atoms with Crippen LogP contribution < -0.4 is 10.6 Å². The Balaban J connectivity index is 2.27. The van der Waals surface area contributed by atoms with Crippen LogP contribution in [0, 0.1) is 11.7 Å².